The van der Waals surface area contributed by atoms with Crippen LogP contribution in [-0.2, 0) is 22.5 Å². The van der Waals surface area contributed by atoms with Crippen LogP contribution in [0.4, 0.5) is 0 Å². The second-order valence-corrected chi connectivity index (χ2v) is 7.28. The quantitative estimate of drug-likeness (QED) is 0.504. The zero-order valence-electron chi connectivity index (χ0n) is 17.7. The monoisotopic (exact) mass is 408 g/mol. The molecule has 2 aromatic carbocycles. The van der Waals surface area contributed by atoms with Crippen LogP contribution in [-0.4, -0.2) is 30.2 Å². The average Bonchev–Trinajstić information content (AvgIpc) is 3.09. The summed E-state index contributed by atoms with van der Waals surface area (Å²) in [6, 6.07) is 17.7. The summed E-state index contributed by atoms with van der Waals surface area (Å²) in [5, 5.41) is 3.09. The standard InChI is InChI=1S/C24H28N2O4/c1-17(2)29-23(27)16-25-15-19-8-7-11-21(14-19)28-13-12-22-18(3)30-24(26-22)20-9-5-4-6-10-20/h4-11,14,17,25H,12-13,15-16H2,1-3H3. The molecule has 0 unspecified atom stereocenters. The van der Waals surface area contributed by atoms with Gasteiger partial charge in [-0.2, -0.15) is 0 Å². The van der Waals surface area contributed by atoms with Crippen LogP contribution in [0.1, 0.15) is 30.9 Å². The van der Waals surface area contributed by atoms with Gasteiger partial charge in [0.05, 0.1) is 24.9 Å². The maximum Gasteiger partial charge on any atom is 0.320 e. The second-order valence-electron chi connectivity index (χ2n) is 7.28. The highest BCUT2D eigenvalue weighted by Gasteiger charge is 2.11. The molecule has 6 heteroatoms. The normalized spacial score (nSPS) is 10.9. The van der Waals surface area contributed by atoms with E-state index in [1.807, 2.05) is 75.4 Å². The predicted molar refractivity (Wildman–Crippen MR) is 115 cm³/mol. The van der Waals surface area contributed by atoms with E-state index in [0.29, 0.717) is 25.5 Å². The molecule has 0 saturated heterocycles. The van der Waals surface area contributed by atoms with Crippen molar-refractivity contribution in [2.24, 2.45) is 0 Å². The molecule has 6 nitrogen and oxygen atoms in total. The van der Waals surface area contributed by atoms with Crippen LogP contribution in [0.25, 0.3) is 11.5 Å². The van der Waals surface area contributed by atoms with E-state index >= 15 is 0 Å². The van der Waals surface area contributed by atoms with Gasteiger partial charge in [-0.1, -0.05) is 30.3 Å². The van der Waals surface area contributed by atoms with Gasteiger partial charge < -0.3 is 19.2 Å². The topological polar surface area (TPSA) is 73.6 Å². The number of benzene rings is 2. The van der Waals surface area contributed by atoms with Crippen molar-refractivity contribution < 1.29 is 18.7 Å². The van der Waals surface area contributed by atoms with Gasteiger partial charge in [-0.25, -0.2) is 4.98 Å². The van der Waals surface area contributed by atoms with Crippen LogP contribution in [0.3, 0.4) is 0 Å². The first kappa shape index (κ1) is 21.6. The highest BCUT2D eigenvalue weighted by atomic mass is 16.5. The van der Waals surface area contributed by atoms with Crippen molar-refractivity contribution in [3.63, 3.8) is 0 Å². The second kappa shape index (κ2) is 10.6. The van der Waals surface area contributed by atoms with Gasteiger partial charge in [0.25, 0.3) is 0 Å². The summed E-state index contributed by atoms with van der Waals surface area (Å²) in [6.07, 6.45) is 0.555. The van der Waals surface area contributed by atoms with Crippen molar-refractivity contribution >= 4 is 5.97 Å². The zero-order valence-corrected chi connectivity index (χ0v) is 17.7. The van der Waals surface area contributed by atoms with Crippen LogP contribution < -0.4 is 10.1 Å². The number of oxazole rings is 1. The number of esters is 1. The Morgan fingerprint density at radius 2 is 1.93 bits per heavy atom. The summed E-state index contributed by atoms with van der Waals surface area (Å²) in [7, 11) is 0. The number of ether oxygens (including phenoxy) is 2. The highest BCUT2D eigenvalue weighted by molar-refractivity contribution is 5.71. The Hall–Kier alpha value is -3.12. The van der Waals surface area contributed by atoms with Gasteiger partial charge in [0.15, 0.2) is 0 Å². The molecular formula is C24H28N2O4. The van der Waals surface area contributed by atoms with Crippen molar-refractivity contribution in [2.75, 3.05) is 13.2 Å². The van der Waals surface area contributed by atoms with Crippen molar-refractivity contribution in [2.45, 2.75) is 39.8 Å². The predicted octanol–water partition coefficient (Wildman–Crippen LogP) is 4.31. The van der Waals surface area contributed by atoms with E-state index in [2.05, 4.69) is 10.3 Å². The number of carbonyl (C=O) groups excluding carboxylic acids is 1. The summed E-state index contributed by atoms with van der Waals surface area (Å²) in [5.74, 6) is 1.97. The molecule has 0 radical (unpaired) electrons. The summed E-state index contributed by atoms with van der Waals surface area (Å²) in [6.45, 7) is 6.83. The average molecular weight is 408 g/mol. The molecule has 3 aromatic rings. The molecule has 0 fully saturated rings. The number of hydrogen-bond donors (Lipinski definition) is 1. The van der Waals surface area contributed by atoms with Gasteiger partial charge in [-0.15, -0.1) is 0 Å². The van der Waals surface area contributed by atoms with E-state index in [9.17, 15) is 4.79 Å². The minimum absolute atomic E-state index is 0.104. The molecule has 0 aliphatic rings. The number of carbonyl (C=O) groups is 1. The number of nitrogens with zero attached hydrogens (tertiary/aromatic N) is 1. The number of aromatic nitrogens is 1. The Kier molecular flexibility index (Phi) is 7.63. The first-order chi connectivity index (χ1) is 14.5. The third-order valence-electron chi connectivity index (χ3n) is 4.39. The molecule has 1 aromatic heterocycles. The maximum atomic E-state index is 11.6. The lowest BCUT2D eigenvalue weighted by molar-refractivity contribution is -0.146. The Morgan fingerprint density at radius 1 is 1.13 bits per heavy atom. The summed E-state index contributed by atoms with van der Waals surface area (Å²) in [5.41, 5.74) is 2.90. The Labute approximate surface area is 177 Å². The molecule has 1 heterocycles. The van der Waals surface area contributed by atoms with Gasteiger partial charge in [0, 0.05) is 18.5 Å². The first-order valence-electron chi connectivity index (χ1n) is 10.1. The first-order valence-corrected chi connectivity index (χ1v) is 10.1. The summed E-state index contributed by atoms with van der Waals surface area (Å²) in [4.78, 5) is 16.2. The molecule has 0 bridgehead atoms. The van der Waals surface area contributed by atoms with E-state index in [1.54, 1.807) is 0 Å². The van der Waals surface area contributed by atoms with E-state index in [1.165, 1.54) is 0 Å². The van der Waals surface area contributed by atoms with Gasteiger partial charge in [-0.3, -0.25) is 4.79 Å². The highest BCUT2D eigenvalue weighted by Crippen LogP contribution is 2.22. The molecule has 1 N–H and O–H groups in total. The molecule has 3 rings (SSSR count). The molecular weight excluding hydrogens is 380 g/mol. The van der Waals surface area contributed by atoms with Gasteiger partial charge in [0.1, 0.15) is 11.5 Å². The fraction of sp³-hybridized carbons (Fsp3) is 0.333. The third-order valence-corrected chi connectivity index (χ3v) is 4.39. The Morgan fingerprint density at radius 3 is 2.70 bits per heavy atom. The lowest BCUT2D eigenvalue weighted by atomic mass is 10.2. The molecule has 0 aliphatic heterocycles. The van der Waals surface area contributed by atoms with Crippen LogP contribution in [0.5, 0.6) is 5.75 Å². The van der Waals surface area contributed by atoms with Gasteiger partial charge in [0.2, 0.25) is 5.89 Å². The summed E-state index contributed by atoms with van der Waals surface area (Å²) < 4.78 is 16.8. The Bertz CT molecular complexity index is 951. The molecule has 0 aliphatic carbocycles. The molecule has 30 heavy (non-hydrogen) atoms. The lowest BCUT2D eigenvalue weighted by Crippen LogP contribution is -2.26. The lowest BCUT2D eigenvalue weighted by Gasteiger charge is -2.10. The molecule has 0 amide bonds. The van der Waals surface area contributed by atoms with Crippen molar-refractivity contribution in [1.29, 1.82) is 0 Å². The van der Waals surface area contributed by atoms with Crippen LogP contribution in [0.2, 0.25) is 0 Å². The van der Waals surface area contributed by atoms with Gasteiger partial charge in [-0.05, 0) is 50.6 Å². The van der Waals surface area contributed by atoms with Crippen molar-refractivity contribution in [3.05, 3.63) is 71.6 Å². The van der Waals surface area contributed by atoms with Crippen molar-refractivity contribution in [3.8, 4) is 17.2 Å². The smallest absolute Gasteiger partial charge is 0.320 e. The summed E-state index contributed by atoms with van der Waals surface area (Å²) >= 11 is 0. The van der Waals surface area contributed by atoms with E-state index in [0.717, 1.165) is 28.3 Å². The molecule has 0 saturated carbocycles. The van der Waals surface area contributed by atoms with Crippen molar-refractivity contribution in [1.82, 2.24) is 10.3 Å². The number of hydrogen-bond acceptors (Lipinski definition) is 6. The number of nitrogens with one attached hydrogen (secondary N) is 1. The Balaban J connectivity index is 1.48. The number of aryl methyl sites for hydroxylation is 1. The zero-order chi connectivity index (χ0) is 21.3. The fourth-order valence-electron chi connectivity index (χ4n) is 2.99. The molecule has 158 valence electrons. The largest absolute Gasteiger partial charge is 0.493 e. The minimum atomic E-state index is -0.254. The molecule has 0 spiro atoms. The molecule has 0 atom stereocenters. The van der Waals surface area contributed by atoms with E-state index in [4.69, 9.17) is 13.9 Å². The van der Waals surface area contributed by atoms with E-state index < -0.39 is 0 Å². The SMILES string of the molecule is Cc1oc(-c2ccccc2)nc1CCOc1cccc(CNCC(=O)OC(C)C)c1. The fourth-order valence-corrected chi connectivity index (χ4v) is 2.99. The minimum Gasteiger partial charge on any atom is -0.493 e. The maximum absolute atomic E-state index is 11.6. The van der Waals surface area contributed by atoms with Crippen LogP contribution in [0.15, 0.2) is 59.0 Å². The van der Waals surface area contributed by atoms with Crippen LogP contribution >= 0.6 is 0 Å². The number of rotatable bonds is 10. The van der Waals surface area contributed by atoms with Crippen LogP contribution in [0, 0.1) is 6.92 Å². The van der Waals surface area contributed by atoms with E-state index in [-0.39, 0.29) is 18.6 Å². The van der Waals surface area contributed by atoms with Gasteiger partial charge >= 0.3 is 5.97 Å². The third kappa shape index (κ3) is 6.46.